The third kappa shape index (κ3) is 3.10. The molecule has 0 aliphatic heterocycles. The summed E-state index contributed by atoms with van der Waals surface area (Å²) in [5, 5.41) is 6.95. The number of hydrogen-bond donors (Lipinski definition) is 1. The van der Waals surface area contributed by atoms with E-state index < -0.39 is 5.54 Å². The highest BCUT2D eigenvalue weighted by Gasteiger charge is 2.30. The van der Waals surface area contributed by atoms with Crippen molar-refractivity contribution in [3.8, 4) is 0 Å². The number of carbonyl (C=O) groups excluding carboxylic acids is 1. The molecule has 0 spiro atoms. The largest absolute Gasteiger partial charge is 0.378 e. The Morgan fingerprint density at radius 2 is 2.00 bits per heavy atom. The van der Waals surface area contributed by atoms with Crippen molar-refractivity contribution in [2.24, 2.45) is 0 Å². The van der Waals surface area contributed by atoms with Crippen LogP contribution in [0.5, 0.6) is 0 Å². The minimum atomic E-state index is -0.596. The van der Waals surface area contributed by atoms with E-state index in [1.54, 1.807) is 12.3 Å². The second kappa shape index (κ2) is 5.79. The molecule has 6 heteroatoms. The van der Waals surface area contributed by atoms with Gasteiger partial charge in [0.2, 0.25) is 0 Å². The predicted octanol–water partition coefficient (Wildman–Crippen LogP) is 2.42. The summed E-state index contributed by atoms with van der Waals surface area (Å²) in [6.07, 6.45) is 1.63. The van der Waals surface area contributed by atoms with E-state index in [9.17, 15) is 4.79 Å². The fourth-order valence-electron chi connectivity index (χ4n) is 2.61. The molecule has 0 aliphatic rings. The van der Waals surface area contributed by atoms with Crippen molar-refractivity contribution < 1.29 is 9.32 Å². The second-order valence-corrected chi connectivity index (χ2v) is 6.07. The zero-order valence-electron chi connectivity index (χ0n) is 13.9. The van der Waals surface area contributed by atoms with Crippen LogP contribution < -0.4 is 10.2 Å². The Kier molecular flexibility index (Phi) is 4.21. The molecular formula is C16H22N4O2. The summed E-state index contributed by atoms with van der Waals surface area (Å²) in [4.78, 5) is 18.6. The van der Waals surface area contributed by atoms with Crippen molar-refractivity contribution in [3.63, 3.8) is 0 Å². The lowest BCUT2D eigenvalue weighted by atomic mass is 9.92. The highest BCUT2D eigenvalue weighted by molar-refractivity contribution is 5.93. The third-order valence-electron chi connectivity index (χ3n) is 3.58. The molecule has 118 valence electrons. The first-order chi connectivity index (χ1) is 10.2. The molecular weight excluding hydrogens is 280 g/mol. The molecule has 0 bridgehead atoms. The molecule has 2 aromatic heterocycles. The molecule has 0 unspecified atom stereocenters. The van der Waals surface area contributed by atoms with Crippen LogP contribution in [0.2, 0.25) is 0 Å². The monoisotopic (exact) mass is 302 g/mol. The molecule has 0 fully saturated rings. The van der Waals surface area contributed by atoms with Gasteiger partial charge in [-0.1, -0.05) is 5.16 Å². The maximum absolute atomic E-state index is 12.5. The molecule has 0 atom stereocenters. The van der Waals surface area contributed by atoms with Gasteiger partial charge < -0.3 is 14.7 Å². The van der Waals surface area contributed by atoms with Gasteiger partial charge >= 0.3 is 0 Å². The first-order valence-electron chi connectivity index (χ1n) is 7.11. The molecule has 22 heavy (non-hydrogen) atoms. The maximum atomic E-state index is 12.5. The van der Waals surface area contributed by atoms with Gasteiger partial charge in [-0.3, -0.25) is 9.78 Å². The van der Waals surface area contributed by atoms with Crippen molar-refractivity contribution in [3.05, 3.63) is 41.0 Å². The van der Waals surface area contributed by atoms with Crippen molar-refractivity contribution in [1.29, 1.82) is 0 Å². The molecule has 2 heterocycles. The summed E-state index contributed by atoms with van der Waals surface area (Å²) >= 11 is 0. The summed E-state index contributed by atoms with van der Waals surface area (Å²) in [6, 6.07) is 3.62. The number of amides is 1. The second-order valence-electron chi connectivity index (χ2n) is 6.07. The van der Waals surface area contributed by atoms with Crippen LogP contribution in [-0.2, 0) is 5.54 Å². The molecule has 0 aromatic carbocycles. The molecule has 1 amide bonds. The van der Waals surface area contributed by atoms with Crippen molar-refractivity contribution in [2.75, 3.05) is 19.0 Å². The summed E-state index contributed by atoms with van der Waals surface area (Å²) in [7, 11) is 3.84. The standard InChI is InChI=1S/C16H22N4O2/c1-10-14(11(2)22-19-10)16(3,4)18-15(21)13-9-12(20(5)6)7-8-17-13/h7-9H,1-6H3,(H,18,21). The van der Waals surface area contributed by atoms with E-state index in [0.717, 1.165) is 16.9 Å². The highest BCUT2D eigenvalue weighted by Crippen LogP contribution is 2.27. The van der Waals surface area contributed by atoms with E-state index in [0.29, 0.717) is 11.5 Å². The topological polar surface area (TPSA) is 71.3 Å². The van der Waals surface area contributed by atoms with Crippen LogP contribution in [0.15, 0.2) is 22.9 Å². The van der Waals surface area contributed by atoms with E-state index in [1.165, 1.54) is 0 Å². The van der Waals surface area contributed by atoms with Crippen LogP contribution in [-0.4, -0.2) is 30.1 Å². The number of pyridine rings is 1. The lowest BCUT2D eigenvalue weighted by Gasteiger charge is -2.26. The van der Waals surface area contributed by atoms with Crippen LogP contribution in [0.4, 0.5) is 5.69 Å². The Balaban J connectivity index is 2.26. The van der Waals surface area contributed by atoms with E-state index >= 15 is 0 Å². The molecule has 2 rings (SSSR count). The van der Waals surface area contributed by atoms with E-state index in [-0.39, 0.29) is 5.91 Å². The fourth-order valence-corrected chi connectivity index (χ4v) is 2.61. The number of nitrogens with one attached hydrogen (secondary N) is 1. The Morgan fingerprint density at radius 1 is 1.32 bits per heavy atom. The minimum Gasteiger partial charge on any atom is -0.378 e. The zero-order valence-corrected chi connectivity index (χ0v) is 13.9. The van der Waals surface area contributed by atoms with Crippen LogP contribution >= 0.6 is 0 Å². The summed E-state index contributed by atoms with van der Waals surface area (Å²) in [5.41, 5.74) is 2.38. The van der Waals surface area contributed by atoms with Gasteiger partial charge in [-0.2, -0.15) is 0 Å². The molecule has 0 aliphatic carbocycles. The number of rotatable bonds is 4. The lowest BCUT2D eigenvalue weighted by Crippen LogP contribution is -2.42. The SMILES string of the molecule is Cc1noc(C)c1C(C)(C)NC(=O)c1cc(N(C)C)ccn1. The zero-order chi connectivity index (χ0) is 16.5. The lowest BCUT2D eigenvalue weighted by molar-refractivity contribution is 0.0906. The van der Waals surface area contributed by atoms with Gasteiger partial charge in [0, 0.05) is 31.5 Å². The molecule has 6 nitrogen and oxygen atoms in total. The summed E-state index contributed by atoms with van der Waals surface area (Å²) in [6.45, 7) is 7.55. The molecule has 1 N–H and O–H groups in total. The van der Waals surface area contributed by atoms with E-state index in [1.807, 2.05) is 52.8 Å². The Morgan fingerprint density at radius 3 is 2.55 bits per heavy atom. The van der Waals surface area contributed by atoms with Crippen LogP contribution in [0.1, 0.15) is 41.4 Å². The minimum absolute atomic E-state index is 0.228. The molecule has 0 radical (unpaired) electrons. The summed E-state index contributed by atoms with van der Waals surface area (Å²) < 4.78 is 5.20. The van der Waals surface area contributed by atoms with Gasteiger partial charge in [-0.05, 0) is 39.8 Å². The Labute approximate surface area is 130 Å². The van der Waals surface area contributed by atoms with E-state index in [2.05, 4.69) is 15.5 Å². The van der Waals surface area contributed by atoms with Gasteiger partial charge in [0.1, 0.15) is 11.5 Å². The number of carbonyl (C=O) groups is 1. The molecule has 0 saturated carbocycles. The van der Waals surface area contributed by atoms with Gasteiger partial charge in [-0.15, -0.1) is 0 Å². The maximum Gasteiger partial charge on any atom is 0.270 e. The van der Waals surface area contributed by atoms with Gasteiger partial charge in [0.15, 0.2) is 0 Å². The number of hydrogen-bond acceptors (Lipinski definition) is 5. The number of nitrogens with zero attached hydrogens (tertiary/aromatic N) is 3. The smallest absolute Gasteiger partial charge is 0.270 e. The summed E-state index contributed by atoms with van der Waals surface area (Å²) in [5.74, 6) is 0.478. The number of anilines is 1. The van der Waals surface area contributed by atoms with Gasteiger partial charge in [0.05, 0.1) is 11.2 Å². The molecule has 0 saturated heterocycles. The third-order valence-corrected chi connectivity index (χ3v) is 3.58. The van der Waals surface area contributed by atoms with E-state index in [4.69, 9.17) is 4.52 Å². The predicted molar refractivity (Wildman–Crippen MR) is 85.0 cm³/mol. The average molecular weight is 302 g/mol. The van der Waals surface area contributed by atoms with Gasteiger partial charge in [0.25, 0.3) is 5.91 Å². The van der Waals surface area contributed by atoms with Crippen molar-refractivity contribution in [1.82, 2.24) is 15.5 Å². The quantitative estimate of drug-likeness (QED) is 0.939. The van der Waals surface area contributed by atoms with Gasteiger partial charge in [-0.25, -0.2) is 0 Å². The fraction of sp³-hybridized carbons (Fsp3) is 0.438. The first kappa shape index (κ1) is 16.0. The number of aromatic nitrogens is 2. The molecule has 2 aromatic rings. The van der Waals surface area contributed by atoms with Crippen LogP contribution in [0.25, 0.3) is 0 Å². The number of aryl methyl sites for hydroxylation is 2. The normalized spacial score (nSPS) is 11.4. The van der Waals surface area contributed by atoms with Crippen molar-refractivity contribution in [2.45, 2.75) is 33.2 Å². The Hall–Kier alpha value is -2.37. The Bertz CT molecular complexity index is 670. The average Bonchev–Trinajstić information content (AvgIpc) is 2.78. The highest BCUT2D eigenvalue weighted by atomic mass is 16.5. The van der Waals surface area contributed by atoms with Crippen molar-refractivity contribution >= 4 is 11.6 Å². The van der Waals surface area contributed by atoms with Crippen LogP contribution in [0.3, 0.4) is 0 Å². The first-order valence-corrected chi connectivity index (χ1v) is 7.11. The van der Waals surface area contributed by atoms with Crippen LogP contribution in [0, 0.1) is 13.8 Å².